The third kappa shape index (κ3) is 5.44. The number of hydrogen-bond donors (Lipinski definition) is 1. The largest absolute Gasteiger partial charge is 0.322 e. The van der Waals surface area contributed by atoms with Crippen LogP contribution in [0.1, 0.15) is 63.4 Å². The predicted molar refractivity (Wildman–Crippen MR) is 120 cm³/mol. The minimum Gasteiger partial charge on any atom is -0.317 e. The summed E-state index contributed by atoms with van der Waals surface area (Å²) >= 11 is 0. The summed E-state index contributed by atoms with van der Waals surface area (Å²) in [4.78, 5) is 15.0. The van der Waals surface area contributed by atoms with E-state index in [0.717, 1.165) is 55.2 Å². The van der Waals surface area contributed by atoms with Crippen molar-refractivity contribution < 1.29 is 13.6 Å². The number of para-hydroxylation sites is 1. The van der Waals surface area contributed by atoms with E-state index < -0.39 is 17.7 Å². The molecular formula is C26H32F2N2O. The van der Waals surface area contributed by atoms with Crippen molar-refractivity contribution >= 4 is 11.7 Å². The van der Waals surface area contributed by atoms with E-state index in [1.165, 1.54) is 38.2 Å². The van der Waals surface area contributed by atoms with Crippen molar-refractivity contribution in [3.63, 3.8) is 0 Å². The van der Waals surface area contributed by atoms with Gasteiger partial charge in [-0.05, 0) is 55.2 Å². The van der Waals surface area contributed by atoms with Crippen LogP contribution in [-0.4, -0.2) is 17.0 Å². The summed E-state index contributed by atoms with van der Waals surface area (Å²) in [5.41, 5.74) is 0.641. The second-order valence-electron chi connectivity index (χ2n) is 9.11. The van der Waals surface area contributed by atoms with Crippen molar-refractivity contribution in [2.24, 2.45) is 11.8 Å². The van der Waals surface area contributed by atoms with E-state index in [1.807, 2.05) is 30.3 Å². The van der Waals surface area contributed by atoms with Gasteiger partial charge in [0.15, 0.2) is 0 Å². The molecule has 0 radical (unpaired) electrons. The molecule has 2 aliphatic carbocycles. The number of rotatable bonds is 5. The molecule has 5 heteroatoms. The van der Waals surface area contributed by atoms with E-state index in [-0.39, 0.29) is 11.7 Å². The van der Waals surface area contributed by atoms with Crippen LogP contribution in [0.3, 0.4) is 0 Å². The SMILES string of the molecule is O=C(Nc1c(F)cccc1F)N(Cc1ccccc1)C1CCC(C2CCCCC2)CC1. The molecular weight excluding hydrogens is 394 g/mol. The van der Waals surface area contributed by atoms with Gasteiger partial charge in [-0.15, -0.1) is 0 Å². The number of nitrogens with zero attached hydrogens (tertiary/aromatic N) is 1. The Labute approximate surface area is 183 Å². The normalized spacial score (nSPS) is 22.1. The molecule has 0 bridgehead atoms. The first-order valence-corrected chi connectivity index (χ1v) is 11.7. The molecule has 0 saturated heterocycles. The number of urea groups is 1. The molecule has 2 amide bonds. The molecule has 31 heavy (non-hydrogen) atoms. The average molecular weight is 427 g/mol. The van der Waals surface area contributed by atoms with Crippen molar-refractivity contribution in [2.75, 3.05) is 5.32 Å². The average Bonchev–Trinajstić information content (AvgIpc) is 2.81. The van der Waals surface area contributed by atoms with Crippen LogP contribution in [0.15, 0.2) is 48.5 Å². The molecule has 0 heterocycles. The van der Waals surface area contributed by atoms with Crippen LogP contribution in [0.25, 0.3) is 0 Å². The van der Waals surface area contributed by atoms with Crippen molar-refractivity contribution in [1.29, 1.82) is 0 Å². The molecule has 0 spiro atoms. The molecule has 1 N–H and O–H groups in total. The van der Waals surface area contributed by atoms with Crippen LogP contribution in [0.4, 0.5) is 19.3 Å². The van der Waals surface area contributed by atoms with Gasteiger partial charge in [-0.2, -0.15) is 0 Å². The fraction of sp³-hybridized carbons (Fsp3) is 0.500. The van der Waals surface area contributed by atoms with Crippen LogP contribution < -0.4 is 5.32 Å². The number of halogens is 2. The minimum absolute atomic E-state index is 0.0786. The van der Waals surface area contributed by atoms with Crippen LogP contribution in [-0.2, 0) is 6.54 Å². The highest BCUT2D eigenvalue weighted by molar-refractivity contribution is 5.89. The number of benzene rings is 2. The van der Waals surface area contributed by atoms with Crippen LogP contribution >= 0.6 is 0 Å². The van der Waals surface area contributed by atoms with Gasteiger partial charge in [0.2, 0.25) is 0 Å². The predicted octanol–water partition coefficient (Wildman–Crippen LogP) is 7.14. The van der Waals surface area contributed by atoms with E-state index in [2.05, 4.69) is 5.32 Å². The monoisotopic (exact) mass is 426 g/mol. The highest BCUT2D eigenvalue weighted by Gasteiger charge is 2.33. The van der Waals surface area contributed by atoms with Gasteiger partial charge in [-0.3, -0.25) is 0 Å². The number of carbonyl (C=O) groups is 1. The van der Waals surface area contributed by atoms with Crippen molar-refractivity contribution in [3.8, 4) is 0 Å². The number of amides is 2. The topological polar surface area (TPSA) is 32.3 Å². The molecule has 0 unspecified atom stereocenters. The van der Waals surface area contributed by atoms with E-state index in [0.29, 0.717) is 6.54 Å². The van der Waals surface area contributed by atoms with Gasteiger partial charge in [0, 0.05) is 12.6 Å². The van der Waals surface area contributed by atoms with E-state index >= 15 is 0 Å². The summed E-state index contributed by atoms with van der Waals surface area (Å²) in [5, 5.41) is 2.51. The maximum Gasteiger partial charge on any atom is 0.322 e. The van der Waals surface area contributed by atoms with Gasteiger partial charge in [0.1, 0.15) is 17.3 Å². The van der Waals surface area contributed by atoms with Gasteiger partial charge >= 0.3 is 6.03 Å². The van der Waals surface area contributed by atoms with E-state index in [1.54, 1.807) is 4.90 Å². The van der Waals surface area contributed by atoms with E-state index in [4.69, 9.17) is 0 Å². The molecule has 2 fully saturated rings. The zero-order chi connectivity index (χ0) is 21.6. The summed E-state index contributed by atoms with van der Waals surface area (Å²) in [6, 6.07) is 13.1. The van der Waals surface area contributed by atoms with Gasteiger partial charge in [-0.25, -0.2) is 13.6 Å². The zero-order valence-electron chi connectivity index (χ0n) is 18.0. The molecule has 4 rings (SSSR count). The maximum absolute atomic E-state index is 14.1. The summed E-state index contributed by atoms with van der Waals surface area (Å²) in [7, 11) is 0. The molecule has 3 nitrogen and oxygen atoms in total. The quantitative estimate of drug-likeness (QED) is 0.541. The molecule has 0 atom stereocenters. The van der Waals surface area contributed by atoms with Crippen LogP contribution in [0.5, 0.6) is 0 Å². The van der Waals surface area contributed by atoms with Gasteiger partial charge < -0.3 is 10.2 Å². The van der Waals surface area contributed by atoms with Gasteiger partial charge in [0.05, 0.1) is 0 Å². The van der Waals surface area contributed by atoms with Gasteiger partial charge in [0.25, 0.3) is 0 Å². The lowest BCUT2D eigenvalue weighted by Crippen LogP contribution is -2.45. The molecule has 2 saturated carbocycles. The van der Waals surface area contributed by atoms with Crippen LogP contribution in [0, 0.1) is 23.5 Å². The Morgan fingerprint density at radius 1 is 0.806 bits per heavy atom. The Hall–Kier alpha value is -2.43. The third-order valence-corrected chi connectivity index (χ3v) is 7.15. The highest BCUT2D eigenvalue weighted by Crippen LogP contribution is 2.39. The second-order valence-corrected chi connectivity index (χ2v) is 9.11. The summed E-state index contributed by atoms with van der Waals surface area (Å²) < 4.78 is 28.3. The first-order valence-electron chi connectivity index (χ1n) is 11.7. The standard InChI is InChI=1S/C26H32F2N2O/c27-23-12-7-13-24(28)25(23)29-26(31)30(18-19-8-3-1-4-9-19)22-16-14-21(15-17-22)20-10-5-2-6-11-20/h1,3-4,7-9,12-13,20-22H,2,5-6,10-11,14-18H2,(H,29,31). The summed E-state index contributed by atoms with van der Waals surface area (Å²) in [5.74, 6) is 0.0730. The molecule has 2 aromatic rings. The lowest BCUT2D eigenvalue weighted by Gasteiger charge is -2.40. The van der Waals surface area contributed by atoms with Crippen molar-refractivity contribution in [2.45, 2.75) is 70.4 Å². The highest BCUT2D eigenvalue weighted by atomic mass is 19.1. The van der Waals surface area contributed by atoms with Crippen molar-refractivity contribution in [1.82, 2.24) is 4.90 Å². The lowest BCUT2D eigenvalue weighted by molar-refractivity contribution is 0.120. The number of carbonyl (C=O) groups excluding carboxylic acids is 1. The minimum atomic E-state index is -0.756. The Morgan fingerprint density at radius 3 is 2.06 bits per heavy atom. The lowest BCUT2D eigenvalue weighted by atomic mass is 9.72. The second kappa shape index (κ2) is 10.3. The fourth-order valence-electron chi connectivity index (χ4n) is 5.43. The van der Waals surface area contributed by atoms with Crippen molar-refractivity contribution in [3.05, 3.63) is 65.7 Å². The molecule has 166 valence electrons. The Bertz CT molecular complexity index is 839. The number of hydrogen-bond acceptors (Lipinski definition) is 1. The Morgan fingerprint density at radius 2 is 1.42 bits per heavy atom. The summed E-state index contributed by atoms with van der Waals surface area (Å²) in [6.07, 6.45) is 10.9. The first-order chi connectivity index (χ1) is 15.1. The van der Waals surface area contributed by atoms with Crippen LogP contribution in [0.2, 0.25) is 0 Å². The van der Waals surface area contributed by atoms with E-state index in [9.17, 15) is 13.6 Å². The number of nitrogens with one attached hydrogen (secondary N) is 1. The Balaban J connectivity index is 1.47. The molecule has 2 aliphatic rings. The fourth-order valence-corrected chi connectivity index (χ4v) is 5.43. The van der Waals surface area contributed by atoms with Gasteiger partial charge in [-0.1, -0.05) is 68.5 Å². The maximum atomic E-state index is 14.1. The summed E-state index contributed by atoms with van der Waals surface area (Å²) in [6.45, 7) is 0.432. The smallest absolute Gasteiger partial charge is 0.317 e. The molecule has 2 aromatic carbocycles. The molecule has 0 aliphatic heterocycles. The zero-order valence-corrected chi connectivity index (χ0v) is 18.0. The third-order valence-electron chi connectivity index (χ3n) is 7.15. The Kier molecular flexibility index (Phi) is 7.21. The first kappa shape index (κ1) is 21.8. The number of anilines is 1. The molecule has 0 aromatic heterocycles.